The van der Waals surface area contributed by atoms with Gasteiger partial charge in [0.2, 0.25) is 0 Å². The Kier molecular flexibility index (Phi) is 9.53. The molecule has 1 unspecified atom stereocenters. The third kappa shape index (κ3) is 6.26. The second-order valence-electron chi connectivity index (χ2n) is 9.33. The van der Waals surface area contributed by atoms with E-state index in [4.69, 9.17) is 9.47 Å². The molecule has 1 amide bonds. The summed E-state index contributed by atoms with van der Waals surface area (Å²) in [7, 11) is 3.83. The summed E-state index contributed by atoms with van der Waals surface area (Å²) < 4.78 is 11.4. The number of aliphatic hydroxyl groups is 1. The Bertz CT molecular complexity index is 1090. The number of amides is 1. The summed E-state index contributed by atoms with van der Waals surface area (Å²) in [6.07, 6.45) is 3.23. The van der Waals surface area contributed by atoms with Crippen LogP contribution < -0.4 is 9.47 Å². The molecule has 194 valence electrons. The molecule has 0 spiro atoms. The second-order valence-corrected chi connectivity index (χ2v) is 9.33. The van der Waals surface area contributed by atoms with E-state index in [1.165, 1.54) is 0 Å². The van der Waals surface area contributed by atoms with Crippen LogP contribution >= 0.6 is 0 Å². The van der Waals surface area contributed by atoms with Gasteiger partial charge < -0.3 is 24.4 Å². The minimum Gasteiger partial charge on any atom is -0.507 e. The molecule has 0 bridgehead atoms. The van der Waals surface area contributed by atoms with Crippen LogP contribution in [0, 0.1) is 6.92 Å². The van der Waals surface area contributed by atoms with Crippen molar-refractivity contribution in [3.8, 4) is 11.5 Å². The molecule has 1 heterocycles. The number of ketones is 1. The second kappa shape index (κ2) is 12.6. The number of aryl methyl sites for hydroxylation is 1. The number of rotatable bonds is 12. The molecule has 1 fully saturated rings. The summed E-state index contributed by atoms with van der Waals surface area (Å²) in [6.45, 7) is 8.02. The lowest BCUT2D eigenvalue weighted by molar-refractivity contribution is -0.140. The third-order valence-corrected chi connectivity index (χ3v) is 6.30. The van der Waals surface area contributed by atoms with Crippen molar-refractivity contribution in [2.75, 3.05) is 40.4 Å². The highest BCUT2D eigenvalue weighted by Crippen LogP contribution is 2.40. The van der Waals surface area contributed by atoms with Gasteiger partial charge in [-0.15, -0.1) is 0 Å². The van der Waals surface area contributed by atoms with Gasteiger partial charge in [0.1, 0.15) is 17.3 Å². The van der Waals surface area contributed by atoms with Gasteiger partial charge in [-0.1, -0.05) is 31.9 Å². The van der Waals surface area contributed by atoms with Gasteiger partial charge in [0.05, 0.1) is 24.8 Å². The van der Waals surface area contributed by atoms with Gasteiger partial charge in [-0.2, -0.15) is 0 Å². The lowest BCUT2D eigenvalue weighted by Gasteiger charge is -2.27. The van der Waals surface area contributed by atoms with Crippen molar-refractivity contribution < 1.29 is 24.2 Å². The summed E-state index contributed by atoms with van der Waals surface area (Å²) in [5.41, 5.74) is 2.11. The minimum atomic E-state index is -0.690. The van der Waals surface area contributed by atoms with Crippen LogP contribution in [-0.4, -0.2) is 67.0 Å². The Morgan fingerprint density at radius 2 is 1.69 bits per heavy atom. The fraction of sp³-hybridized carbons (Fsp3) is 0.448. The van der Waals surface area contributed by atoms with Crippen LogP contribution in [-0.2, 0) is 9.59 Å². The van der Waals surface area contributed by atoms with Crippen LogP contribution in [0.3, 0.4) is 0 Å². The zero-order chi connectivity index (χ0) is 26.2. The smallest absolute Gasteiger partial charge is 0.295 e. The Morgan fingerprint density at radius 3 is 2.31 bits per heavy atom. The number of benzene rings is 2. The van der Waals surface area contributed by atoms with Crippen molar-refractivity contribution in [2.45, 2.75) is 46.1 Å². The first-order valence-corrected chi connectivity index (χ1v) is 12.7. The van der Waals surface area contributed by atoms with Gasteiger partial charge >= 0.3 is 0 Å². The number of carbonyl (C=O) groups is 2. The van der Waals surface area contributed by atoms with Gasteiger partial charge in [-0.25, -0.2) is 0 Å². The molecule has 1 aliphatic rings. The highest BCUT2D eigenvalue weighted by molar-refractivity contribution is 6.46. The number of likely N-dealkylation sites (tertiary alicyclic amines) is 1. The Labute approximate surface area is 214 Å². The number of unbranched alkanes of at least 4 members (excludes halogenated alkanes) is 2. The van der Waals surface area contributed by atoms with Crippen molar-refractivity contribution in [1.82, 2.24) is 9.80 Å². The number of likely N-dealkylation sites (N-methyl/N-ethyl adjacent to an activating group) is 1. The summed E-state index contributed by atoms with van der Waals surface area (Å²) in [6, 6.07) is 12.1. The normalized spacial score (nSPS) is 17.2. The first-order valence-electron chi connectivity index (χ1n) is 12.7. The number of aliphatic hydroxyl groups excluding tert-OH is 1. The maximum atomic E-state index is 13.2. The average molecular weight is 495 g/mol. The molecule has 0 saturated carbocycles. The number of hydrogen-bond donors (Lipinski definition) is 1. The average Bonchev–Trinajstić information content (AvgIpc) is 3.10. The van der Waals surface area contributed by atoms with E-state index in [2.05, 4.69) is 6.92 Å². The molecular formula is C29H38N2O5. The highest BCUT2D eigenvalue weighted by atomic mass is 16.5. The molecule has 36 heavy (non-hydrogen) atoms. The highest BCUT2D eigenvalue weighted by Gasteiger charge is 2.46. The lowest BCUT2D eigenvalue weighted by atomic mass is 9.94. The van der Waals surface area contributed by atoms with E-state index in [9.17, 15) is 14.7 Å². The molecule has 1 atom stereocenters. The van der Waals surface area contributed by atoms with Gasteiger partial charge in [-0.05, 0) is 75.8 Å². The summed E-state index contributed by atoms with van der Waals surface area (Å²) in [4.78, 5) is 29.9. The molecular weight excluding hydrogens is 456 g/mol. The van der Waals surface area contributed by atoms with Crippen molar-refractivity contribution in [2.24, 2.45) is 0 Å². The van der Waals surface area contributed by atoms with E-state index in [1.807, 2.05) is 63.2 Å². The molecule has 1 aliphatic heterocycles. The molecule has 0 radical (unpaired) electrons. The Balaban J connectivity index is 2.01. The van der Waals surface area contributed by atoms with Crippen LogP contribution in [0.2, 0.25) is 0 Å². The topological polar surface area (TPSA) is 79.3 Å². The molecule has 0 aromatic heterocycles. The molecule has 2 aromatic carbocycles. The zero-order valence-corrected chi connectivity index (χ0v) is 22.0. The van der Waals surface area contributed by atoms with Crippen LogP contribution in [0.15, 0.2) is 48.0 Å². The van der Waals surface area contributed by atoms with E-state index < -0.39 is 17.7 Å². The van der Waals surface area contributed by atoms with Gasteiger partial charge in [-0.3, -0.25) is 9.59 Å². The standard InChI is InChI=1S/C29H38N2O5/c1-6-8-9-18-36-22-12-10-21(11-13-22)26-25(28(33)29(34)31(26)17-16-30(4)5)27(32)24-15-14-23(35-7-2)19-20(24)3/h10-15,19,26,32H,6-9,16-18H2,1-5H3. The van der Waals surface area contributed by atoms with Gasteiger partial charge in [0.25, 0.3) is 11.7 Å². The van der Waals surface area contributed by atoms with Crippen LogP contribution in [0.5, 0.6) is 11.5 Å². The molecule has 7 heteroatoms. The first kappa shape index (κ1) is 27.3. The van der Waals surface area contributed by atoms with Crippen molar-refractivity contribution >= 4 is 17.4 Å². The molecule has 0 aliphatic carbocycles. The maximum Gasteiger partial charge on any atom is 0.295 e. The monoisotopic (exact) mass is 494 g/mol. The molecule has 7 nitrogen and oxygen atoms in total. The fourth-order valence-electron chi connectivity index (χ4n) is 4.36. The lowest BCUT2D eigenvalue weighted by Crippen LogP contribution is -2.35. The first-order chi connectivity index (χ1) is 17.3. The van der Waals surface area contributed by atoms with E-state index in [0.717, 1.165) is 36.1 Å². The quantitative estimate of drug-likeness (QED) is 0.195. The van der Waals surface area contributed by atoms with Gasteiger partial charge in [0, 0.05) is 18.7 Å². The predicted octanol–water partition coefficient (Wildman–Crippen LogP) is 4.95. The van der Waals surface area contributed by atoms with E-state index in [0.29, 0.717) is 37.6 Å². The predicted molar refractivity (Wildman–Crippen MR) is 141 cm³/mol. The number of ether oxygens (including phenoxy) is 2. The molecule has 1 N–H and O–H groups in total. The van der Waals surface area contributed by atoms with Crippen LogP contribution in [0.25, 0.3) is 5.76 Å². The van der Waals surface area contributed by atoms with Crippen molar-refractivity contribution in [3.63, 3.8) is 0 Å². The number of Topliss-reactive ketones (excluding diaryl/α,β-unsaturated/α-hetero) is 1. The summed E-state index contributed by atoms with van der Waals surface area (Å²) in [5.74, 6) is -0.0334. The number of carbonyl (C=O) groups excluding carboxylic acids is 2. The summed E-state index contributed by atoms with van der Waals surface area (Å²) in [5, 5.41) is 11.4. The molecule has 1 saturated heterocycles. The minimum absolute atomic E-state index is 0.0997. The maximum absolute atomic E-state index is 13.2. The van der Waals surface area contributed by atoms with E-state index >= 15 is 0 Å². The van der Waals surface area contributed by atoms with Gasteiger partial charge in [0.15, 0.2) is 0 Å². The zero-order valence-electron chi connectivity index (χ0n) is 22.0. The van der Waals surface area contributed by atoms with Crippen LogP contribution in [0.1, 0.15) is 55.8 Å². The number of hydrogen-bond acceptors (Lipinski definition) is 6. The van der Waals surface area contributed by atoms with Crippen molar-refractivity contribution in [3.05, 3.63) is 64.7 Å². The largest absolute Gasteiger partial charge is 0.507 e. The third-order valence-electron chi connectivity index (χ3n) is 6.30. The van der Waals surface area contributed by atoms with Crippen LogP contribution in [0.4, 0.5) is 0 Å². The molecule has 3 rings (SSSR count). The van der Waals surface area contributed by atoms with E-state index in [-0.39, 0.29) is 11.3 Å². The van der Waals surface area contributed by atoms with E-state index in [1.54, 1.807) is 17.0 Å². The number of nitrogens with zero attached hydrogens (tertiary/aromatic N) is 2. The fourth-order valence-corrected chi connectivity index (χ4v) is 4.36. The molecule has 2 aromatic rings. The van der Waals surface area contributed by atoms with Crippen molar-refractivity contribution in [1.29, 1.82) is 0 Å². The SMILES string of the molecule is CCCCCOc1ccc(C2C(=C(O)c3ccc(OCC)cc3C)C(=O)C(=O)N2CCN(C)C)cc1. The Morgan fingerprint density at radius 1 is 1.00 bits per heavy atom. The Hall–Kier alpha value is -3.32. The summed E-state index contributed by atoms with van der Waals surface area (Å²) >= 11 is 0.